The van der Waals surface area contributed by atoms with E-state index >= 15 is 0 Å². The quantitative estimate of drug-likeness (QED) is 0.444. The van der Waals surface area contributed by atoms with E-state index in [0.717, 1.165) is 28.3 Å². The van der Waals surface area contributed by atoms with E-state index in [-0.39, 0.29) is 5.41 Å². The molecule has 0 bridgehead atoms. The molecular weight excluding hydrogens is 410 g/mol. The molecule has 2 heterocycles. The van der Waals surface area contributed by atoms with Crippen molar-refractivity contribution in [1.29, 1.82) is 0 Å². The molecule has 5 rings (SSSR count). The highest BCUT2D eigenvalue weighted by Crippen LogP contribution is 2.38. The maximum Gasteiger partial charge on any atom is 0.217 e. The van der Waals surface area contributed by atoms with Crippen molar-refractivity contribution in [2.75, 3.05) is 19.8 Å². The molecule has 0 aliphatic carbocycles. The number of nitrogens with zero attached hydrogens (tertiary/aromatic N) is 2. The van der Waals surface area contributed by atoms with Crippen molar-refractivity contribution in [3.8, 4) is 22.5 Å². The lowest BCUT2D eigenvalue weighted by Crippen LogP contribution is -2.42. The van der Waals surface area contributed by atoms with Crippen molar-refractivity contribution in [3.05, 3.63) is 102 Å². The summed E-state index contributed by atoms with van der Waals surface area (Å²) >= 11 is 0. The van der Waals surface area contributed by atoms with Crippen LogP contribution in [0.15, 0.2) is 91.0 Å². The largest absolute Gasteiger partial charge is 0.345 e. The summed E-state index contributed by atoms with van der Waals surface area (Å²) in [6, 6.07) is 31.1. The normalized spacial score (nSPS) is 20.6. The van der Waals surface area contributed by atoms with Gasteiger partial charge >= 0.3 is 0 Å². The first-order valence-corrected chi connectivity index (χ1v) is 11.4. The molecule has 168 valence electrons. The number of rotatable bonds is 6. The Labute approximate surface area is 194 Å². The number of benzene rings is 3. The van der Waals surface area contributed by atoms with Crippen LogP contribution >= 0.6 is 0 Å². The fraction of sp³-hybridized carbons (Fsp3) is 0.250. The van der Waals surface area contributed by atoms with Crippen LogP contribution in [0.5, 0.6) is 0 Å². The van der Waals surface area contributed by atoms with Gasteiger partial charge in [-0.25, -0.2) is 4.98 Å². The van der Waals surface area contributed by atoms with E-state index in [9.17, 15) is 0 Å². The minimum absolute atomic E-state index is 0.183. The Hall–Kier alpha value is -3.25. The second-order valence-corrected chi connectivity index (χ2v) is 8.94. The molecule has 1 saturated heterocycles. The van der Waals surface area contributed by atoms with Crippen LogP contribution in [0.4, 0.5) is 0 Å². The smallest absolute Gasteiger partial charge is 0.217 e. The zero-order valence-corrected chi connectivity index (χ0v) is 18.9. The van der Waals surface area contributed by atoms with Gasteiger partial charge in [-0.05, 0) is 5.56 Å². The average molecular weight is 440 g/mol. The Morgan fingerprint density at radius 2 is 1.39 bits per heavy atom. The third-order valence-corrected chi connectivity index (χ3v) is 6.15. The second kappa shape index (κ2) is 9.32. The van der Waals surface area contributed by atoms with Crippen LogP contribution in [-0.2, 0) is 16.0 Å². The number of nitrogens with two attached hydrogens (primary N) is 1. The van der Waals surface area contributed by atoms with E-state index in [4.69, 9.17) is 20.2 Å². The Bertz CT molecular complexity index is 1180. The fourth-order valence-electron chi connectivity index (χ4n) is 4.17. The van der Waals surface area contributed by atoms with Crippen LogP contribution in [-0.4, -0.2) is 29.3 Å². The summed E-state index contributed by atoms with van der Waals surface area (Å²) in [6.45, 7) is 4.34. The molecule has 0 saturated carbocycles. The zero-order chi connectivity index (χ0) is 22.7. The predicted molar refractivity (Wildman–Crippen MR) is 130 cm³/mol. The first-order chi connectivity index (χ1) is 16.2. The molecule has 0 unspecified atom stereocenters. The molecule has 2 N–H and O–H groups in total. The topological polar surface area (TPSA) is 62.3 Å². The minimum atomic E-state index is -0.548. The molecule has 0 amide bonds. The molecule has 1 aliphatic rings. The molecule has 0 spiro atoms. The molecule has 33 heavy (non-hydrogen) atoms. The lowest BCUT2D eigenvalue weighted by molar-refractivity contribution is -0.232. The molecule has 5 heteroatoms. The summed E-state index contributed by atoms with van der Waals surface area (Å²) in [7, 11) is 0. The summed E-state index contributed by atoms with van der Waals surface area (Å²) in [5.74, 6) is 0.774. The SMILES string of the molecule is CC1(CN)COC(c2nc(-c3ccccc3)c(-c3ccccc3)n2Cc2ccccc2)OC1. The van der Waals surface area contributed by atoms with Crippen molar-refractivity contribution in [3.63, 3.8) is 0 Å². The first kappa shape index (κ1) is 21.6. The van der Waals surface area contributed by atoms with E-state index in [2.05, 4.69) is 72.2 Å². The molecule has 1 fully saturated rings. The van der Waals surface area contributed by atoms with Gasteiger partial charge in [0.25, 0.3) is 0 Å². The van der Waals surface area contributed by atoms with Gasteiger partial charge in [-0.15, -0.1) is 0 Å². The fourth-order valence-corrected chi connectivity index (χ4v) is 4.17. The van der Waals surface area contributed by atoms with Crippen LogP contribution < -0.4 is 5.73 Å². The monoisotopic (exact) mass is 439 g/mol. The van der Waals surface area contributed by atoms with Crippen LogP contribution in [0, 0.1) is 5.41 Å². The first-order valence-electron chi connectivity index (χ1n) is 11.4. The van der Waals surface area contributed by atoms with Gasteiger partial charge in [0.1, 0.15) is 0 Å². The van der Waals surface area contributed by atoms with E-state index in [1.165, 1.54) is 5.56 Å². The molecular formula is C28H29N3O2. The number of aromatic nitrogens is 2. The van der Waals surface area contributed by atoms with Gasteiger partial charge in [0.15, 0.2) is 5.82 Å². The third kappa shape index (κ3) is 4.48. The van der Waals surface area contributed by atoms with Crippen LogP contribution in [0.25, 0.3) is 22.5 Å². The minimum Gasteiger partial charge on any atom is -0.345 e. The average Bonchev–Trinajstić information content (AvgIpc) is 3.25. The molecule has 3 aromatic carbocycles. The summed E-state index contributed by atoms with van der Waals surface area (Å²) in [5.41, 5.74) is 11.1. The number of hydrogen-bond acceptors (Lipinski definition) is 4. The van der Waals surface area contributed by atoms with Crippen molar-refractivity contribution < 1.29 is 9.47 Å². The van der Waals surface area contributed by atoms with Crippen LogP contribution in [0.2, 0.25) is 0 Å². The molecule has 1 aromatic heterocycles. The molecule has 1 aliphatic heterocycles. The second-order valence-electron chi connectivity index (χ2n) is 8.94. The van der Waals surface area contributed by atoms with Gasteiger partial charge in [-0.2, -0.15) is 0 Å². The van der Waals surface area contributed by atoms with Gasteiger partial charge in [0.2, 0.25) is 6.29 Å². The predicted octanol–water partition coefficient (Wildman–Crippen LogP) is 5.28. The third-order valence-electron chi connectivity index (χ3n) is 6.15. The standard InChI is InChI=1S/C28H29N3O2/c1-28(18-29)19-32-27(33-20-28)26-30-24(22-13-7-3-8-14-22)25(23-15-9-4-10-16-23)31(26)17-21-11-5-2-6-12-21/h2-16,27H,17-20,29H2,1H3. The summed E-state index contributed by atoms with van der Waals surface area (Å²) in [5, 5.41) is 0. The number of ether oxygens (including phenoxy) is 2. The van der Waals surface area contributed by atoms with Gasteiger partial charge in [-0.1, -0.05) is 97.9 Å². The Balaban J connectivity index is 1.67. The Kier molecular flexibility index (Phi) is 6.09. The highest BCUT2D eigenvalue weighted by atomic mass is 16.7. The maximum absolute atomic E-state index is 6.20. The highest BCUT2D eigenvalue weighted by molar-refractivity contribution is 5.79. The van der Waals surface area contributed by atoms with E-state index in [1.54, 1.807) is 0 Å². The Morgan fingerprint density at radius 1 is 0.848 bits per heavy atom. The number of hydrogen-bond donors (Lipinski definition) is 1. The van der Waals surface area contributed by atoms with Crippen molar-refractivity contribution in [2.24, 2.45) is 11.1 Å². The van der Waals surface area contributed by atoms with E-state index in [1.807, 2.05) is 30.3 Å². The lowest BCUT2D eigenvalue weighted by Gasteiger charge is -2.36. The maximum atomic E-state index is 6.20. The lowest BCUT2D eigenvalue weighted by atomic mass is 9.92. The molecule has 0 atom stereocenters. The molecule has 5 nitrogen and oxygen atoms in total. The summed E-state index contributed by atoms with van der Waals surface area (Å²) in [4.78, 5) is 5.13. The van der Waals surface area contributed by atoms with Gasteiger partial charge in [-0.3, -0.25) is 0 Å². The summed E-state index contributed by atoms with van der Waals surface area (Å²) < 4.78 is 14.6. The van der Waals surface area contributed by atoms with Crippen LogP contribution in [0.1, 0.15) is 24.6 Å². The molecule has 0 radical (unpaired) electrons. The summed E-state index contributed by atoms with van der Waals surface area (Å²) in [6.07, 6.45) is -0.548. The molecule has 4 aromatic rings. The highest BCUT2D eigenvalue weighted by Gasteiger charge is 2.35. The number of imidazole rings is 1. The van der Waals surface area contributed by atoms with Gasteiger partial charge < -0.3 is 19.8 Å². The van der Waals surface area contributed by atoms with E-state index in [0.29, 0.717) is 26.3 Å². The van der Waals surface area contributed by atoms with Crippen LogP contribution in [0.3, 0.4) is 0 Å². The Morgan fingerprint density at radius 3 is 1.97 bits per heavy atom. The van der Waals surface area contributed by atoms with Crippen molar-refractivity contribution in [1.82, 2.24) is 9.55 Å². The van der Waals surface area contributed by atoms with E-state index < -0.39 is 6.29 Å². The zero-order valence-electron chi connectivity index (χ0n) is 18.9. The van der Waals surface area contributed by atoms with Crippen molar-refractivity contribution in [2.45, 2.75) is 19.8 Å². The van der Waals surface area contributed by atoms with Crippen molar-refractivity contribution >= 4 is 0 Å². The van der Waals surface area contributed by atoms with Gasteiger partial charge in [0.05, 0.1) is 24.6 Å². The van der Waals surface area contributed by atoms with Gasteiger partial charge in [0, 0.05) is 29.6 Å².